The molecule has 0 aliphatic rings. The van der Waals surface area contributed by atoms with Crippen molar-refractivity contribution >= 4 is 17.9 Å². The van der Waals surface area contributed by atoms with Gasteiger partial charge in [-0.1, -0.05) is 205 Å². The molecule has 0 aliphatic heterocycles. The van der Waals surface area contributed by atoms with Crippen molar-refractivity contribution in [3.05, 3.63) is 134 Å². The fourth-order valence-electron chi connectivity index (χ4n) is 7.02. The van der Waals surface area contributed by atoms with Gasteiger partial charge in [0.15, 0.2) is 6.10 Å². The zero-order valence-electron chi connectivity index (χ0n) is 46.7. The molecule has 0 saturated heterocycles. The van der Waals surface area contributed by atoms with Crippen molar-refractivity contribution in [2.75, 3.05) is 47.5 Å². The second-order valence-electron chi connectivity index (χ2n) is 19.5. The van der Waals surface area contributed by atoms with E-state index in [0.29, 0.717) is 17.4 Å². The standard InChI is InChI=1S/C64H103NO8/c1-6-8-10-12-14-16-18-19-20-21-22-23-24-25-26-27-28-29-30-31-32-33-34-35-36-37-38-39-40-41-42-43-45-47-49-51-53-55-62(67)73-60(59-72-64(63(68)69)70-57-56-65(3,4)5)58-71-61(66)54-52-50-48-46-44-17-15-13-11-9-7-2/h8,10,13-16,19-20,22-23,25-26,28-29,31-32,34-35,37-38,40-41,60,64H,6-7,9,11-12,17-18,21,24,27,30,33,36,39,42-59H2,1-5H3/p+1/b10-8-,15-13-,16-14-,20-19-,23-22-,26-25-,29-28-,32-31-,35-34-,38-37-,41-40-. The van der Waals surface area contributed by atoms with Crippen LogP contribution in [0.2, 0.25) is 0 Å². The number of likely N-dealkylation sites (N-methyl/N-ethyl adjacent to an activating group) is 1. The van der Waals surface area contributed by atoms with E-state index < -0.39 is 24.3 Å². The molecule has 0 heterocycles. The third-order valence-corrected chi connectivity index (χ3v) is 11.4. The smallest absolute Gasteiger partial charge is 0.361 e. The van der Waals surface area contributed by atoms with Gasteiger partial charge in [-0.05, 0) is 109 Å². The van der Waals surface area contributed by atoms with E-state index in [1.54, 1.807) is 0 Å². The maximum atomic E-state index is 12.8. The molecule has 9 heteroatoms. The number of ether oxygens (including phenoxy) is 4. The zero-order valence-corrected chi connectivity index (χ0v) is 46.7. The molecule has 2 unspecified atom stereocenters. The lowest BCUT2D eigenvalue weighted by Crippen LogP contribution is -2.40. The number of allylic oxidation sites excluding steroid dienone is 22. The number of carboxylic acid groups (broad SMARTS) is 1. The predicted octanol–water partition coefficient (Wildman–Crippen LogP) is 16.7. The number of unbranched alkanes of at least 4 members (excludes halogenated alkanes) is 13. The third-order valence-electron chi connectivity index (χ3n) is 11.4. The van der Waals surface area contributed by atoms with E-state index in [9.17, 15) is 19.5 Å². The minimum absolute atomic E-state index is 0.176. The van der Waals surface area contributed by atoms with E-state index in [-0.39, 0.29) is 38.6 Å². The van der Waals surface area contributed by atoms with Crippen LogP contribution in [0.25, 0.3) is 0 Å². The fourth-order valence-corrected chi connectivity index (χ4v) is 7.02. The average Bonchev–Trinajstić information content (AvgIpc) is 3.36. The van der Waals surface area contributed by atoms with Crippen LogP contribution in [0.1, 0.15) is 194 Å². The molecule has 0 radical (unpaired) electrons. The molecule has 0 amide bonds. The highest BCUT2D eigenvalue weighted by molar-refractivity contribution is 5.71. The van der Waals surface area contributed by atoms with E-state index in [0.717, 1.165) is 148 Å². The van der Waals surface area contributed by atoms with Gasteiger partial charge in [0.2, 0.25) is 0 Å². The molecule has 0 aromatic heterocycles. The number of hydrogen-bond acceptors (Lipinski definition) is 7. The third kappa shape index (κ3) is 55.0. The Hall–Kier alpha value is -4.57. The summed E-state index contributed by atoms with van der Waals surface area (Å²) < 4.78 is 22.7. The molecule has 0 saturated carbocycles. The van der Waals surface area contributed by atoms with Crippen molar-refractivity contribution in [3.8, 4) is 0 Å². The second-order valence-corrected chi connectivity index (χ2v) is 19.5. The summed E-state index contributed by atoms with van der Waals surface area (Å²) in [7, 11) is 5.94. The molecule has 1 N–H and O–H groups in total. The molecule has 73 heavy (non-hydrogen) atoms. The molecule has 0 aliphatic carbocycles. The molecule has 0 spiro atoms. The summed E-state index contributed by atoms with van der Waals surface area (Å²) in [5, 5.41) is 9.67. The van der Waals surface area contributed by atoms with Crippen molar-refractivity contribution < 1.29 is 42.9 Å². The number of carbonyl (C=O) groups excluding carboxylic acids is 2. The summed E-state index contributed by atoms with van der Waals surface area (Å²) in [5.41, 5.74) is 0. The number of aliphatic carboxylic acids is 1. The summed E-state index contributed by atoms with van der Waals surface area (Å²) in [6.45, 7) is 4.66. The number of carbonyl (C=O) groups is 3. The highest BCUT2D eigenvalue weighted by atomic mass is 16.7. The van der Waals surface area contributed by atoms with Gasteiger partial charge in [-0.15, -0.1) is 0 Å². The zero-order chi connectivity index (χ0) is 53.4. The van der Waals surface area contributed by atoms with E-state index in [1.807, 2.05) is 21.1 Å². The summed E-state index contributed by atoms with van der Waals surface area (Å²) >= 11 is 0. The SMILES string of the molecule is CC/C=C\C/C=C\C/C=C\C/C=C\C/C=C\C/C=C\C/C=C\C/C=C\C/C=C\C/C=C\CCCCCCCCC(=O)OC(COC(=O)CCCCCCC/C=C\CCCC)COC(OCC[N+](C)(C)C)C(=O)O. The highest BCUT2D eigenvalue weighted by Crippen LogP contribution is 2.13. The predicted molar refractivity (Wildman–Crippen MR) is 308 cm³/mol. The molecule has 0 bridgehead atoms. The highest BCUT2D eigenvalue weighted by Gasteiger charge is 2.25. The Balaban J connectivity index is 4.22. The summed E-state index contributed by atoms with van der Waals surface area (Å²) in [6, 6.07) is 0. The molecular weight excluding hydrogens is 911 g/mol. The first-order valence-corrected chi connectivity index (χ1v) is 28.3. The van der Waals surface area contributed by atoms with Gasteiger partial charge in [0.1, 0.15) is 13.2 Å². The number of nitrogens with zero attached hydrogens (tertiary/aromatic N) is 1. The molecule has 0 aromatic carbocycles. The lowest BCUT2D eigenvalue weighted by atomic mass is 10.1. The lowest BCUT2D eigenvalue weighted by Gasteiger charge is -2.25. The van der Waals surface area contributed by atoms with Crippen LogP contribution in [-0.4, -0.2) is 87.4 Å². The van der Waals surface area contributed by atoms with E-state index in [4.69, 9.17) is 18.9 Å². The maximum Gasteiger partial charge on any atom is 0.361 e. The van der Waals surface area contributed by atoms with Gasteiger partial charge >= 0.3 is 17.9 Å². The number of rotatable bonds is 50. The first-order chi connectivity index (χ1) is 35.6. The van der Waals surface area contributed by atoms with Crippen LogP contribution in [-0.2, 0) is 33.3 Å². The van der Waals surface area contributed by atoms with Crippen LogP contribution in [0.15, 0.2) is 134 Å². The normalized spacial score (nSPS) is 13.8. The molecule has 0 fully saturated rings. The van der Waals surface area contributed by atoms with Gasteiger partial charge in [-0.25, -0.2) is 4.79 Å². The van der Waals surface area contributed by atoms with Gasteiger partial charge in [0.25, 0.3) is 6.29 Å². The lowest BCUT2D eigenvalue weighted by molar-refractivity contribution is -0.870. The first-order valence-electron chi connectivity index (χ1n) is 28.3. The average molecular weight is 1020 g/mol. The Bertz CT molecular complexity index is 1650. The van der Waals surface area contributed by atoms with Crippen LogP contribution >= 0.6 is 0 Å². The van der Waals surface area contributed by atoms with Crippen LogP contribution in [0.3, 0.4) is 0 Å². The van der Waals surface area contributed by atoms with Gasteiger partial charge in [0.05, 0.1) is 34.4 Å². The van der Waals surface area contributed by atoms with Crippen LogP contribution in [0, 0.1) is 0 Å². The molecular formula is C64H104NO8+. The van der Waals surface area contributed by atoms with E-state index in [1.165, 1.54) is 12.8 Å². The van der Waals surface area contributed by atoms with Crippen molar-refractivity contribution in [1.29, 1.82) is 0 Å². The second kappa shape index (κ2) is 53.7. The number of carboxylic acids is 1. The Labute approximate surface area is 446 Å². The molecule has 2 atom stereocenters. The van der Waals surface area contributed by atoms with Crippen molar-refractivity contribution in [2.24, 2.45) is 0 Å². The molecule has 9 nitrogen and oxygen atoms in total. The van der Waals surface area contributed by atoms with Crippen LogP contribution in [0.5, 0.6) is 0 Å². The maximum absolute atomic E-state index is 12.8. The van der Waals surface area contributed by atoms with Gasteiger partial charge < -0.3 is 28.5 Å². The Morgan fingerprint density at radius 3 is 1.18 bits per heavy atom. The number of hydrogen-bond donors (Lipinski definition) is 1. The van der Waals surface area contributed by atoms with Crippen LogP contribution < -0.4 is 0 Å². The van der Waals surface area contributed by atoms with E-state index in [2.05, 4.69) is 148 Å². The Morgan fingerprint density at radius 2 is 0.781 bits per heavy atom. The van der Waals surface area contributed by atoms with Gasteiger partial charge in [-0.2, -0.15) is 0 Å². The molecule has 0 aromatic rings. The monoisotopic (exact) mass is 1010 g/mol. The molecule has 0 rings (SSSR count). The van der Waals surface area contributed by atoms with Crippen molar-refractivity contribution in [2.45, 2.75) is 206 Å². The van der Waals surface area contributed by atoms with E-state index >= 15 is 0 Å². The minimum Gasteiger partial charge on any atom is -0.477 e. The number of quaternary nitrogens is 1. The summed E-state index contributed by atoms with van der Waals surface area (Å²) in [4.78, 5) is 37.2. The number of esters is 2. The van der Waals surface area contributed by atoms with Crippen molar-refractivity contribution in [1.82, 2.24) is 0 Å². The first kappa shape index (κ1) is 68.4. The van der Waals surface area contributed by atoms with Gasteiger partial charge in [-0.3, -0.25) is 9.59 Å². The summed E-state index contributed by atoms with van der Waals surface area (Å²) in [5.74, 6) is -2.06. The minimum atomic E-state index is -1.52. The topological polar surface area (TPSA) is 108 Å². The quantitative estimate of drug-likeness (QED) is 0.0211. The fraction of sp³-hybridized carbons (Fsp3) is 0.609. The Kier molecular flexibility index (Phi) is 50.4. The molecule has 412 valence electrons. The Morgan fingerprint density at radius 1 is 0.425 bits per heavy atom. The van der Waals surface area contributed by atoms with Crippen LogP contribution in [0.4, 0.5) is 0 Å². The summed E-state index contributed by atoms with van der Waals surface area (Å²) in [6.07, 6.45) is 74.0. The van der Waals surface area contributed by atoms with Gasteiger partial charge in [0, 0.05) is 12.8 Å². The van der Waals surface area contributed by atoms with Crippen molar-refractivity contribution in [3.63, 3.8) is 0 Å². The largest absolute Gasteiger partial charge is 0.477 e.